The van der Waals surface area contributed by atoms with Crippen molar-refractivity contribution in [1.29, 1.82) is 0 Å². The molecule has 1 aromatic carbocycles. The van der Waals surface area contributed by atoms with Gasteiger partial charge in [-0.1, -0.05) is 12.1 Å². The van der Waals surface area contributed by atoms with Crippen LogP contribution in [0.4, 0.5) is 26.7 Å². The molecule has 2 atom stereocenters. The van der Waals surface area contributed by atoms with Crippen molar-refractivity contribution in [2.45, 2.75) is 38.7 Å². The minimum Gasteiger partial charge on any atom is -0.453 e. The van der Waals surface area contributed by atoms with Crippen LogP contribution in [0.25, 0.3) is 11.3 Å². The lowest BCUT2D eigenvalue weighted by Crippen LogP contribution is -2.60. The predicted octanol–water partition coefficient (Wildman–Crippen LogP) is 2.91. The molecule has 0 bridgehead atoms. The fraction of sp³-hybridized carbons (Fsp3) is 0.435. The Morgan fingerprint density at radius 2 is 1.81 bits per heavy atom. The molecule has 1 heterocycles. The van der Waals surface area contributed by atoms with E-state index >= 15 is 0 Å². The van der Waals surface area contributed by atoms with Crippen LogP contribution in [-0.4, -0.2) is 60.6 Å². The number of amides is 2. The van der Waals surface area contributed by atoms with Gasteiger partial charge in [0.15, 0.2) is 0 Å². The number of pyridine rings is 1. The van der Waals surface area contributed by atoms with Gasteiger partial charge < -0.3 is 25.8 Å². The van der Waals surface area contributed by atoms with Crippen molar-refractivity contribution in [2.24, 2.45) is 5.41 Å². The number of carbonyl (C=O) groups is 2. The minimum atomic E-state index is -4.83. The van der Waals surface area contributed by atoms with E-state index in [0.717, 1.165) is 27.2 Å². The Morgan fingerprint density at radius 1 is 1.11 bits per heavy atom. The number of aromatic nitrogens is 1. The number of ether oxygens (including phenoxy) is 1. The van der Waals surface area contributed by atoms with E-state index in [-0.39, 0.29) is 18.7 Å². The van der Waals surface area contributed by atoms with Gasteiger partial charge in [0, 0.05) is 30.8 Å². The molecule has 0 spiro atoms. The van der Waals surface area contributed by atoms with Crippen molar-refractivity contribution in [1.82, 2.24) is 20.9 Å². The average molecular weight is 518 g/mol. The van der Waals surface area contributed by atoms with Crippen molar-refractivity contribution in [3.8, 4) is 11.3 Å². The van der Waals surface area contributed by atoms with Gasteiger partial charge in [0.2, 0.25) is 5.91 Å². The van der Waals surface area contributed by atoms with Crippen molar-refractivity contribution in [3.05, 3.63) is 53.7 Å². The summed E-state index contributed by atoms with van der Waals surface area (Å²) in [6.07, 6.45) is -6.27. The number of halogens is 5. The third kappa shape index (κ3) is 7.59. The number of nitrogens with one attached hydrogen (secondary N) is 3. The molecule has 36 heavy (non-hydrogen) atoms. The molecule has 13 heteroatoms. The van der Waals surface area contributed by atoms with Gasteiger partial charge in [0.1, 0.15) is 17.7 Å². The molecule has 1 unspecified atom stereocenters. The van der Waals surface area contributed by atoms with Crippen LogP contribution in [-0.2, 0) is 16.1 Å². The molecule has 2 aromatic rings. The van der Waals surface area contributed by atoms with E-state index < -0.39 is 53.9 Å². The van der Waals surface area contributed by atoms with Crippen molar-refractivity contribution >= 4 is 12.0 Å². The van der Waals surface area contributed by atoms with Gasteiger partial charge in [-0.2, -0.15) is 13.2 Å². The van der Waals surface area contributed by atoms with E-state index in [1.165, 1.54) is 24.3 Å². The summed E-state index contributed by atoms with van der Waals surface area (Å²) in [6.45, 7) is 0.936. The summed E-state index contributed by atoms with van der Waals surface area (Å²) in [5.41, 5.74) is -1.56. The Hall–Kier alpha value is -3.32. The van der Waals surface area contributed by atoms with Crippen molar-refractivity contribution in [2.75, 3.05) is 20.2 Å². The number of alkyl halides is 3. The van der Waals surface area contributed by atoms with Crippen LogP contribution in [0, 0.1) is 17.0 Å². The maximum Gasteiger partial charge on any atom is 0.407 e. The fourth-order valence-corrected chi connectivity index (χ4v) is 3.08. The number of methoxy groups -OCH3 is 1. The Balaban J connectivity index is 1.90. The topological polar surface area (TPSA) is 113 Å². The number of nitrogens with zero attached hydrogens (tertiary/aromatic N) is 1. The van der Waals surface area contributed by atoms with Crippen LogP contribution in [0.3, 0.4) is 0 Å². The van der Waals surface area contributed by atoms with E-state index in [0.29, 0.717) is 11.3 Å². The van der Waals surface area contributed by atoms with Crippen LogP contribution in [0.15, 0.2) is 36.5 Å². The first-order chi connectivity index (χ1) is 16.8. The smallest absolute Gasteiger partial charge is 0.407 e. The molecule has 0 aliphatic carbocycles. The first-order valence-electron chi connectivity index (χ1n) is 10.7. The molecule has 0 fully saturated rings. The number of alkyl carbamates (subject to hydrolysis) is 1. The Bertz CT molecular complexity index is 1050. The molecule has 0 aliphatic rings. The molecular formula is C23H27F5N4O4. The molecule has 0 radical (unpaired) electrons. The zero-order valence-corrected chi connectivity index (χ0v) is 19.7. The van der Waals surface area contributed by atoms with Gasteiger partial charge >= 0.3 is 12.3 Å². The largest absolute Gasteiger partial charge is 0.453 e. The lowest BCUT2D eigenvalue weighted by Gasteiger charge is -2.35. The second-order valence-electron chi connectivity index (χ2n) is 8.49. The number of hydrogen-bond donors (Lipinski definition) is 4. The summed E-state index contributed by atoms with van der Waals surface area (Å²) < 4.78 is 72.0. The summed E-state index contributed by atoms with van der Waals surface area (Å²) in [4.78, 5) is 27.8. The number of carbonyl (C=O) groups excluding carboxylic acids is 2. The summed E-state index contributed by atoms with van der Waals surface area (Å²) in [6, 6.07) is 4.90. The molecule has 8 nitrogen and oxygen atoms in total. The maximum atomic E-state index is 14.4. The lowest BCUT2D eigenvalue weighted by molar-refractivity contribution is -0.220. The SMILES string of the molecule is COC(=O)NC(C(=O)NC[C@@H](O)CNCc1ccc(-c2ccc(F)cn2)cc1F)C(C)(C)C(F)(F)F. The van der Waals surface area contributed by atoms with Gasteiger partial charge in [0.05, 0.1) is 30.5 Å². The lowest BCUT2D eigenvalue weighted by atomic mass is 9.83. The summed E-state index contributed by atoms with van der Waals surface area (Å²) in [5.74, 6) is -2.26. The first-order valence-corrected chi connectivity index (χ1v) is 10.7. The van der Waals surface area contributed by atoms with Crippen LogP contribution >= 0.6 is 0 Å². The highest BCUT2D eigenvalue weighted by Gasteiger charge is 2.55. The molecular weight excluding hydrogens is 491 g/mol. The number of aliphatic hydroxyl groups excluding tert-OH is 1. The van der Waals surface area contributed by atoms with Gasteiger partial charge in [-0.15, -0.1) is 0 Å². The fourth-order valence-electron chi connectivity index (χ4n) is 3.08. The number of rotatable bonds is 10. The maximum absolute atomic E-state index is 14.4. The molecule has 0 saturated heterocycles. The number of benzene rings is 1. The summed E-state index contributed by atoms with van der Waals surface area (Å²) in [5, 5.41) is 16.9. The summed E-state index contributed by atoms with van der Waals surface area (Å²) >= 11 is 0. The first kappa shape index (κ1) is 28.9. The summed E-state index contributed by atoms with van der Waals surface area (Å²) in [7, 11) is 0.941. The van der Waals surface area contributed by atoms with Crippen molar-refractivity contribution < 1.29 is 41.4 Å². The van der Waals surface area contributed by atoms with Crippen LogP contribution in [0.2, 0.25) is 0 Å². The van der Waals surface area contributed by atoms with Gasteiger partial charge in [-0.3, -0.25) is 9.78 Å². The highest BCUT2D eigenvalue weighted by molar-refractivity contribution is 5.86. The normalized spacial score (nSPS) is 13.6. The van der Waals surface area contributed by atoms with E-state index in [4.69, 9.17) is 0 Å². The zero-order valence-electron chi connectivity index (χ0n) is 19.7. The predicted molar refractivity (Wildman–Crippen MR) is 119 cm³/mol. The van der Waals surface area contributed by atoms with Crippen LogP contribution in [0.5, 0.6) is 0 Å². The standard InChI is InChI=1S/C23H27F5N4O4/c1-22(2,23(26,27)28)19(32-21(35)36-3)20(34)31-12-16(33)11-29-9-14-5-4-13(8-17(14)25)18-7-6-15(24)10-30-18/h4-8,10,16,19,29,33H,9,11-12H2,1-3H3,(H,31,34)(H,32,35)/t16-,19?/m0/s1. The molecule has 2 amide bonds. The third-order valence-electron chi connectivity index (χ3n) is 5.45. The van der Waals surface area contributed by atoms with E-state index in [2.05, 4.69) is 20.4 Å². The quantitative estimate of drug-likeness (QED) is 0.360. The van der Waals surface area contributed by atoms with Gasteiger partial charge in [-0.25, -0.2) is 13.6 Å². The second-order valence-corrected chi connectivity index (χ2v) is 8.49. The third-order valence-corrected chi connectivity index (χ3v) is 5.45. The van der Waals surface area contributed by atoms with Gasteiger partial charge in [-0.05, 0) is 32.0 Å². The number of aliphatic hydroxyl groups is 1. The molecule has 4 N–H and O–H groups in total. The van der Waals surface area contributed by atoms with E-state index in [9.17, 15) is 36.6 Å². The second kappa shape index (κ2) is 12.1. The Labute approximate surface area is 204 Å². The highest BCUT2D eigenvalue weighted by Crippen LogP contribution is 2.40. The highest BCUT2D eigenvalue weighted by atomic mass is 19.4. The van der Waals surface area contributed by atoms with E-state index in [1.807, 2.05) is 5.32 Å². The Kier molecular flexibility index (Phi) is 9.70. The average Bonchev–Trinajstić information content (AvgIpc) is 2.81. The monoisotopic (exact) mass is 518 g/mol. The Morgan fingerprint density at radius 3 is 2.36 bits per heavy atom. The zero-order chi connectivity index (χ0) is 27.1. The molecule has 1 aromatic heterocycles. The molecule has 0 aliphatic heterocycles. The van der Waals surface area contributed by atoms with E-state index in [1.54, 1.807) is 6.07 Å². The van der Waals surface area contributed by atoms with Crippen LogP contribution < -0.4 is 16.0 Å². The van der Waals surface area contributed by atoms with Crippen LogP contribution in [0.1, 0.15) is 19.4 Å². The molecule has 2 rings (SSSR count). The minimum absolute atomic E-state index is 0.00158. The molecule has 0 saturated carbocycles. The van der Waals surface area contributed by atoms with Gasteiger partial charge in [0.25, 0.3) is 0 Å². The molecule has 198 valence electrons. The van der Waals surface area contributed by atoms with Crippen molar-refractivity contribution in [3.63, 3.8) is 0 Å². The number of hydrogen-bond acceptors (Lipinski definition) is 6.